The summed E-state index contributed by atoms with van der Waals surface area (Å²) in [5.74, 6) is 7.96. The van der Waals surface area contributed by atoms with Crippen molar-refractivity contribution in [3.05, 3.63) is 24.3 Å². The third-order valence-electron chi connectivity index (χ3n) is 3.72. The summed E-state index contributed by atoms with van der Waals surface area (Å²) in [5, 5.41) is 0. The van der Waals surface area contributed by atoms with Crippen molar-refractivity contribution in [2.45, 2.75) is 57.8 Å². The first-order chi connectivity index (χ1) is 10.8. The first-order valence-corrected chi connectivity index (χ1v) is 8.38. The average Bonchev–Trinajstić information content (AvgIpc) is 2.56. The normalized spacial score (nSPS) is 14.8. The summed E-state index contributed by atoms with van der Waals surface area (Å²) in [6.07, 6.45) is 23.0. The number of piperidine rings is 1. The lowest BCUT2D eigenvalue weighted by Crippen LogP contribution is -2.34. The van der Waals surface area contributed by atoms with Gasteiger partial charge in [0.05, 0.1) is 0 Å². The molecule has 0 saturated carbocycles. The van der Waals surface area contributed by atoms with Crippen molar-refractivity contribution in [2.75, 3.05) is 13.1 Å². The molecule has 22 heavy (non-hydrogen) atoms. The zero-order chi connectivity index (χ0) is 15.9. The Morgan fingerprint density at radius 2 is 1.73 bits per heavy atom. The van der Waals surface area contributed by atoms with Gasteiger partial charge in [0.25, 0.3) is 0 Å². The van der Waals surface area contributed by atoms with Crippen LogP contribution in [0.25, 0.3) is 0 Å². The molecule has 1 fully saturated rings. The Morgan fingerprint density at radius 1 is 1.00 bits per heavy atom. The molecule has 0 aromatic rings. The summed E-state index contributed by atoms with van der Waals surface area (Å²) in [7, 11) is 0. The number of nitrogens with zero attached hydrogens (tertiary/aromatic N) is 1. The first kappa shape index (κ1) is 18.1. The van der Waals surface area contributed by atoms with Crippen molar-refractivity contribution in [3.63, 3.8) is 0 Å². The molecular weight excluding hydrogens is 270 g/mol. The molecule has 2 heteroatoms. The zero-order valence-electron chi connectivity index (χ0n) is 13.5. The van der Waals surface area contributed by atoms with E-state index in [2.05, 4.69) is 29.9 Å². The van der Waals surface area contributed by atoms with Gasteiger partial charge in [-0.05, 0) is 62.9 Å². The van der Waals surface area contributed by atoms with Crippen LogP contribution in [0.1, 0.15) is 57.8 Å². The fourth-order valence-electron chi connectivity index (χ4n) is 2.47. The molecule has 0 N–H and O–H groups in total. The van der Waals surface area contributed by atoms with Gasteiger partial charge in [0.15, 0.2) is 0 Å². The molecule has 1 aliphatic rings. The lowest BCUT2D eigenvalue weighted by atomic mass is 10.1. The van der Waals surface area contributed by atoms with Gasteiger partial charge in [0, 0.05) is 19.5 Å². The van der Waals surface area contributed by atoms with Crippen molar-refractivity contribution >= 4 is 5.91 Å². The molecular formula is C20H27NO. The quantitative estimate of drug-likeness (QED) is 0.286. The van der Waals surface area contributed by atoms with Crippen LogP contribution in [0.3, 0.4) is 0 Å². The summed E-state index contributed by atoms with van der Waals surface area (Å²) >= 11 is 0. The Balaban J connectivity index is 1.97. The number of likely N-dealkylation sites (tertiary alicyclic amines) is 1. The SMILES string of the molecule is C#CC#CCC=CCCCCCC=CC(=O)N1CCCCC1. The largest absolute Gasteiger partial charge is 0.339 e. The minimum atomic E-state index is 0.190. The molecule has 118 valence electrons. The predicted octanol–water partition coefficient (Wildman–Crippen LogP) is 4.09. The second-order valence-electron chi connectivity index (χ2n) is 5.55. The topological polar surface area (TPSA) is 20.3 Å². The third-order valence-corrected chi connectivity index (χ3v) is 3.72. The third kappa shape index (κ3) is 9.09. The standard InChI is InChI=1S/C20H27NO/c1-2-3-4-5-6-7-8-9-10-11-12-14-17-20(22)21-18-15-13-16-19-21/h1,6-7,14,17H,5,8-13,15-16,18-19H2. The van der Waals surface area contributed by atoms with Gasteiger partial charge >= 0.3 is 0 Å². The molecule has 1 amide bonds. The molecule has 2 nitrogen and oxygen atoms in total. The second-order valence-corrected chi connectivity index (χ2v) is 5.55. The summed E-state index contributed by atoms with van der Waals surface area (Å²) in [6, 6.07) is 0. The highest BCUT2D eigenvalue weighted by Crippen LogP contribution is 2.09. The van der Waals surface area contributed by atoms with Gasteiger partial charge in [-0.3, -0.25) is 4.79 Å². The Bertz CT molecular complexity index is 464. The van der Waals surface area contributed by atoms with Gasteiger partial charge < -0.3 is 4.90 Å². The Kier molecular flexibility index (Phi) is 10.5. The average molecular weight is 297 g/mol. The molecule has 0 bridgehead atoms. The van der Waals surface area contributed by atoms with Crippen LogP contribution < -0.4 is 0 Å². The molecule has 1 saturated heterocycles. The van der Waals surface area contributed by atoms with E-state index in [0.29, 0.717) is 0 Å². The van der Waals surface area contributed by atoms with Gasteiger partial charge in [-0.15, -0.1) is 6.42 Å². The van der Waals surface area contributed by atoms with Gasteiger partial charge in [0.1, 0.15) is 0 Å². The van der Waals surface area contributed by atoms with Gasteiger partial charge in [-0.25, -0.2) is 0 Å². The molecule has 0 atom stereocenters. The second kappa shape index (κ2) is 12.8. The zero-order valence-corrected chi connectivity index (χ0v) is 13.5. The van der Waals surface area contributed by atoms with Crippen LogP contribution in [0.4, 0.5) is 0 Å². The maximum atomic E-state index is 11.9. The lowest BCUT2D eigenvalue weighted by Gasteiger charge is -2.25. The molecule has 0 radical (unpaired) electrons. The van der Waals surface area contributed by atoms with E-state index in [0.717, 1.165) is 51.6 Å². The molecule has 1 rings (SSSR count). The van der Waals surface area contributed by atoms with Crippen LogP contribution in [-0.4, -0.2) is 23.9 Å². The van der Waals surface area contributed by atoms with E-state index >= 15 is 0 Å². The summed E-state index contributed by atoms with van der Waals surface area (Å²) in [6.45, 7) is 1.86. The number of carbonyl (C=O) groups excluding carboxylic acids is 1. The van der Waals surface area contributed by atoms with Crippen LogP contribution in [-0.2, 0) is 4.79 Å². The Labute approximate surface area is 135 Å². The van der Waals surface area contributed by atoms with Crippen molar-refractivity contribution in [1.29, 1.82) is 0 Å². The van der Waals surface area contributed by atoms with Crippen LogP contribution in [0, 0.1) is 24.2 Å². The number of amides is 1. The van der Waals surface area contributed by atoms with E-state index in [1.807, 2.05) is 11.0 Å². The minimum Gasteiger partial charge on any atom is -0.339 e. The molecule has 1 aliphatic heterocycles. The van der Waals surface area contributed by atoms with E-state index in [4.69, 9.17) is 6.42 Å². The number of unbranched alkanes of at least 4 members (excludes halogenated alkanes) is 4. The number of terminal acetylenes is 1. The maximum Gasteiger partial charge on any atom is 0.246 e. The lowest BCUT2D eigenvalue weighted by molar-refractivity contribution is -0.126. The fraction of sp³-hybridized carbons (Fsp3) is 0.550. The molecule has 0 unspecified atom stereocenters. The number of carbonyl (C=O) groups is 1. The van der Waals surface area contributed by atoms with Crippen LogP contribution in [0.15, 0.2) is 24.3 Å². The highest BCUT2D eigenvalue weighted by molar-refractivity contribution is 5.87. The van der Waals surface area contributed by atoms with E-state index in [9.17, 15) is 4.79 Å². The Hall–Kier alpha value is -1.93. The maximum absolute atomic E-state index is 11.9. The van der Waals surface area contributed by atoms with E-state index < -0.39 is 0 Å². The van der Waals surface area contributed by atoms with Crippen molar-refractivity contribution in [3.8, 4) is 24.2 Å². The van der Waals surface area contributed by atoms with E-state index in [1.54, 1.807) is 6.08 Å². The summed E-state index contributed by atoms with van der Waals surface area (Å²) < 4.78 is 0. The predicted molar refractivity (Wildman–Crippen MR) is 93.0 cm³/mol. The van der Waals surface area contributed by atoms with Crippen molar-refractivity contribution in [2.24, 2.45) is 0 Å². The van der Waals surface area contributed by atoms with Crippen molar-refractivity contribution < 1.29 is 4.79 Å². The van der Waals surface area contributed by atoms with E-state index in [-0.39, 0.29) is 5.91 Å². The summed E-state index contributed by atoms with van der Waals surface area (Å²) in [4.78, 5) is 13.9. The molecule has 0 aromatic carbocycles. The van der Waals surface area contributed by atoms with Crippen molar-refractivity contribution in [1.82, 2.24) is 4.90 Å². The minimum absolute atomic E-state index is 0.190. The van der Waals surface area contributed by atoms with Crippen LogP contribution in [0.2, 0.25) is 0 Å². The first-order valence-electron chi connectivity index (χ1n) is 8.38. The number of hydrogen-bond acceptors (Lipinski definition) is 1. The molecule has 1 heterocycles. The highest BCUT2D eigenvalue weighted by atomic mass is 16.2. The Morgan fingerprint density at radius 3 is 2.45 bits per heavy atom. The van der Waals surface area contributed by atoms with Gasteiger partial charge in [-0.2, -0.15) is 0 Å². The van der Waals surface area contributed by atoms with Crippen LogP contribution in [0.5, 0.6) is 0 Å². The monoisotopic (exact) mass is 297 g/mol. The van der Waals surface area contributed by atoms with Crippen LogP contribution >= 0.6 is 0 Å². The number of hydrogen-bond donors (Lipinski definition) is 0. The number of allylic oxidation sites excluding steroid dienone is 3. The highest BCUT2D eigenvalue weighted by Gasteiger charge is 2.13. The summed E-state index contributed by atoms with van der Waals surface area (Å²) in [5.41, 5.74) is 0. The van der Waals surface area contributed by atoms with Gasteiger partial charge in [0.2, 0.25) is 5.91 Å². The smallest absolute Gasteiger partial charge is 0.246 e. The molecule has 0 aromatic heterocycles. The molecule has 0 aliphatic carbocycles. The number of rotatable bonds is 8. The van der Waals surface area contributed by atoms with E-state index in [1.165, 1.54) is 19.3 Å². The fourth-order valence-corrected chi connectivity index (χ4v) is 2.47. The molecule has 0 spiro atoms. The van der Waals surface area contributed by atoms with Gasteiger partial charge in [-0.1, -0.05) is 30.6 Å².